The predicted octanol–water partition coefficient (Wildman–Crippen LogP) is 3.53. The standard InChI is InChI=1S/C15H13N3O2/c1-10-5-6-17-9-13(16-15(17)7-10)12-4-3-11(2)14(8-12)18(19)20/h3-9H,1-2H3. The molecule has 0 N–H and O–H groups in total. The fourth-order valence-electron chi connectivity index (χ4n) is 2.19. The summed E-state index contributed by atoms with van der Waals surface area (Å²) in [5.41, 5.74) is 4.23. The third kappa shape index (κ3) is 2.03. The van der Waals surface area contributed by atoms with Crippen LogP contribution in [-0.2, 0) is 0 Å². The first kappa shape index (κ1) is 12.3. The van der Waals surface area contributed by atoms with Gasteiger partial charge in [-0.2, -0.15) is 0 Å². The average molecular weight is 267 g/mol. The Kier molecular flexibility index (Phi) is 2.75. The van der Waals surface area contributed by atoms with Crippen molar-refractivity contribution < 1.29 is 4.92 Å². The van der Waals surface area contributed by atoms with Gasteiger partial charge in [0.25, 0.3) is 5.69 Å². The highest BCUT2D eigenvalue weighted by atomic mass is 16.6. The molecule has 0 unspecified atom stereocenters. The summed E-state index contributed by atoms with van der Waals surface area (Å²) in [5.74, 6) is 0. The molecule has 2 aromatic heterocycles. The number of nitro benzene ring substituents is 1. The molecule has 0 fully saturated rings. The van der Waals surface area contributed by atoms with Gasteiger partial charge < -0.3 is 4.40 Å². The highest BCUT2D eigenvalue weighted by molar-refractivity contribution is 5.66. The summed E-state index contributed by atoms with van der Waals surface area (Å²) in [5, 5.41) is 11.0. The van der Waals surface area contributed by atoms with Crippen LogP contribution in [0.4, 0.5) is 5.69 Å². The zero-order chi connectivity index (χ0) is 14.3. The lowest BCUT2D eigenvalue weighted by molar-refractivity contribution is -0.385. The van der Waals surface area contributed by atoms with Gasteiger partial charge in [-0.05, 0) is 31.5 Å². The number of rotatable bonds is 2. The minimum absolute atomic E-state index is 0.121. The Morgan fingerprint density at radius 3 is 2.75 bits per heavy atom. The van der Waals surface area contributed by atoms with E-state index in [2.05, 4.69) is 4.98 Å². The monoisotopic (exact) mass is 267 g/mol. The number of pyridine rings is 1. The lowest BCUT2D eigenvalue weighted by Crippen LogP contribution is -1.92. The number of nitro groups is 1. The van der Waals surface area contributed by atoms with Crippen LogP contribution in [0.15, 0.2) is 42.7 Å². The molecule has 0 saturated carbocycles. The van der Waals surface area contributed by atoms with Gasteiger partial charge in [0, 0.05) is 29.6 Å². The summed E-state index contributed by atoms with van der Waals surface area (Å²) in [6, 6.07) is 9.16. The maximum absolute atomic E-state index is 11.0. The third-order valence-corrected chi connectivity index (χ3v) is 3.32. The number of fused-ring (bicyclic) bond motifs is 1. The maximum atomic E-state index is 11.0. The van der Waals surface area contributed by atoms with Gasteiger partial charge in [0.15, 0.2) is 0 Å². The average Bonchev–Trinajstić information content (AvgIpc) is 2.81. The van der Waals surface area contributed by atoms with Crippen molar-refractivity contribution in [2.75, 3.05) is 0 Å². The van der Waals surface area contributed by atoms with Crippen molar-refractivity contribution in [3.63, 3.8) is 0 Å². The van der Waals surface area contributed by atoms with Crippen LogP contribution < -0.4 is 0 Å². The topological polar surface area (TPSA) is 60.4 Å². The van der Waals surface area contributed by atoms with Crippen LogP contribution in [0.5, 0.6) is 0 Å². The number of benzene rings is 1. The van der Waals surface area contributed by atoms with E-state index in [1.165, 1.54) is 0 Å². The molecule has 0 aliphatic carbocycles. The molecule has 0 aliphatic rings. The molecule has 0 radical (unpaired) electrons. The van der Waals surface area contributed by atoms with Crippen molar-refractivity contribution in [3.8, 4) is 11.3 Å². The Morgan fingerprint density at radius 1 is 1.20 bits per heavy atom. The van der Waals surface area contributed by atoms with Crippen LogP contribution in [0.25, 0.3) is 16.9 Å². The summed E-state index contributed by atoms with van der Waals surface area (Å²) >= 11 is 0. The Bertz CT molecular complexity index is 821. The molecule has 5 nitrogen and oxygen atoms in total. The maximum Gasteiger partial charge on any atom is 0.272 e. The third-order valence-electron chi connectivity index (χ3n) is 3.32. The quantitative estimate of drug-likeness (QED) is 0.527. The van der Waals surface area contributed by atoms with Gasteiger partial charge in [0.05, 0.1) is 10.6 Å². The molecule has 100 valence electrons. The van der Waals surface area contributed by atoms with E-state index < -0.39 is 0 Å². The van der Waals surface area contributed by atoms with Crippen molar-refractivity contribution in [2.24, 2.45) is 0 Å². The second kappa shape index (κ2) is 4.45. The van der Waals surface area contributed by atoms with Crippen molar-refractivity contribution in [1.82, 2.24) is 9.38 Å². The van der Waals surface area contributed by atoms with Crippen LogP contribution in [0.2, 0.25) is 0 Å². The molecule has 5 heteroatoms. The molecule has 3 aromatic rings. The van der Waals surface area contributed by atoms with Gasteiger partial charge in [-0.25, -0.2) is 4.98 Å². The number of hydrogen-bond donors (Lipinski definition) is 0. The fraction of sp³-hybridized carbons (Fsp3) is 0.133. The van der Waals surface area contributed by atoms with Crippen LogP contribution >= 0.6 is 0 Å². The van der Waals surface area contributed by atoms with Gasteiger partial charge in [0.1, 0.15) is 5.65 Å². The number of imidazole rings is 1. The fourth-order valence-corrected chi connectivity index (χ4v) is 2.19. The van der Waals surface area contributed by atoms with E-state index in [0.29, 0.717) is 5.56 Å². The van der Waals surface area contributed by atoms with Gasteiger partial charge >= 0.3 is 0 Å². The highest BCUT2D eigenvalue weighted by Gasteiger charge is 2.13. The predicted molar refractivity (Wildman–Crippen MR) is 76.8 cm³/mol. The molecule has 2 heterocycles. The molecule has 20 heavy (non-hydrogen) atoms. The minimum Gasteiger partial charge on any atom is -0.306 e. The zero-order valence-corrected chi connectivity index (χ0v) is 11.2. The Morgan fingerprint density at radius 2 is 2.00 bits per heavy atom. The second-order valence-electron chi connectivity index (χ2n) is 4.85. The Balaban J connectivity index is 2.15. The molecule has 1 aromatic carbocycles. The second-order valence-corrected chi connectivity index (χ2v) is 4.85. The first-order valence-electron chi connectivity index (χ1n) is 6.25. The van der Waals surface area contributed by atoms with Gasteiger partial charge in [-0.3, -0.25) is 10.1 Å². The van der Waals surface area contributed by atoms with Gasteiger partial charge in [-0.1, -0.05) is 12.1 Å². The van der Waals surface area contributed by atoms with Crippen molar-refractivity contribution in [2.45, 2.75) is 13.8 Å². The van der Waals surface area contributed by atoms with E-state index in [0.717, 1.165) is 22.5 Å². The smallest absolute Gasteiger partial charge is 0.272 e. The SMILES string of the molecule is Cc1ccn2cc(-c3ccc(C)c([N+](=O)[O-])c3)nc2c1. The molecule has 0 aliphatic heterocycles. The lowest BCUT2D eigenvalue weighted by atomic mass is 10.1. The molecule has 0 bridgehead atoms. The van der Waals surface area contributed by atoms with E-state index >= 15 is 0 Å². The van der Waals surface area contributed by atoms with Gasteiger partial charge in [0.2, 0.25) is 0 Å². The van der Waals surface area contributed by atoms with Crippen LogP contribution in [0.1, 0.15) is 11.1 Å². The number of nitrogens with zero attached hydrogens (tertiary/aromatic N) is 3. The van der Waals surface area contributed by atoms with E-state index in [-0.39, 0.29) is 10.6 Å². The minimum atomic E-state index is -0.362. The van der Waals surface area contributed by atoms with Crippen LogP contribution in [-0.4, -0.2) is 14.3 Å². The van der Waals surface area contributed by atoms with Crippen LogP contribution in [0, 0.1) is 24.0 Å². The summed E-state index contributed by atoms with van der Waals surface area (Å²) < 4.78 is 1.91. The van der Waals surface area contributed by atoms with Crippen LogP contribution in [0.3, 0.4) is 0 Å². The normalized spacial score (nSPS) is 10.9. The van der Waals surface area contributed by atoms with E-state index in [1.807, 2.05) is 41.9 Å². The van der Waals surface area contributed by atoms with Crippen molar-refractivity contribution in [1.29, 1.82) is 0 Å². The van der Waals surface area contributed by atoms with Crippen molar-refractivity contribution >= 4 is 11.3 Å². The molecule has 0 spiro atoms. The first-order valence-corrected chi connectivity index (χ1v) is 6.25. The van der Waals surface area contributed by atoms with E-state index in [9.17, 15) is 10.1 Å². The lowest BCUT2D eigenvalue weighted by Gasteiger charge is -1.99. The molecular formula is C15H13N3O2. The number of aryl methyl sites for hydroxylation is 2. The largest absolute Gasteiger partial charge is 0.306 e. The molecule has 3 rings (SSSR count). The molecule has 0 amide bonds. The highest BCUT2D eigenvalue weighted by Crippen LogP contribution is 2.26. The summed E-state index contributed by atoms with van der Waals surface area (Å²) in [6.45, 7) is 3.74. The molecular weight excluding hydrogens is 254 g/mol. The van der Waals surface area contributed by atoms with E-state index in [1.54, 1.807) is 19.1 Å². The summed E-state index contributed by atoms with van der Waals surface area (Å²) in [7, 11) is 0. The van der Waals surface area contributed by atoms with Crippen molar-refractivity contribution in [3.05, 3.63) is 64.0 Å². The Labute approximate surface area is 115 Å². The molecule has 0 atom stereocenters. The van der Waals surface area contributed by atoms with Gasteiger partial charge in [-0.15, -0.1) is 0 Å². The number of hydrogen-bond acceptors (Lipinski definition) is 3. The Hall–Kier alpha value is -2.69. The first-order chi connectivity index (χ1) is 9.54. The number of aromatic nitrogens is 2. The summed E-state index contributed by atoms with van der Waals surface area (Å²) in [4.78, 5) is 15.2. The zero-order valence-electron chi connectivity index (χ0n) is 11.2. The van der Waals surface area contributed by atoms with E-state index in [4.69, 9.17) is 0 Å². The molecule has 0 saturated heterocycles. The summed E-state index contributed by atoms with van der Waals surface area (Å²) in [6.07, 6.45) is 3.81.